The van der Waals surface area contributed by atoms with Crippen LogP contribution in [0.3, 0.4) is 0 Å². The second-order valence-electron chi connectivity index (χ2n) is 4.42. The first-order valence-corrected chi connectivity index (χ1v) is 8.50. The molecule has 0 saturated carbocycles. The fraction of sp³-hybridized carbons (Fsp3) is 0.143. The van der Waals surface area contributed by atoms with Gasteiger partial charge < -0.3 is 5.32 Å². The SMILES string of the molecule is NSc1ccc(CCNc2nc(Cl)nc3sccc23)cc1. The minimum atomic E-state index is 0.275. The molecule has 0 aliphatic rings. The lowest BCUT2D eigenvalue weighted by atomic mass is 10.1. The minimum absolute atomic E-state index is 0.275. The predicted octanol–water partition coefficient (Wildman–Crippen LogP) is 3.97. The van der Waals surface area contributed by atoms with Crippen LogP contribution < -0.4 is 10.5 Å². The molecule has 0 saturated heterocycles. The first-order chi connectivity index (χ1) is 10.3. The fourth-order valence-corrected chi connectivity index (χ4v) is 3.30. The van der Waals surface area contributed by atoms with Gasteiger partial charge in [-0.25, -0.2) is 9.97 Å². The lowest BCUT2D eigenvalue weighted by Gasteiger charge is -2.07. The summed E-state index contributed by atoms with van der Waals surface area (Å²) in [6.07, 6.45) is 0.906. The van der Waals surface area contributed by atoms with Gasteiger partial charge in [0.05, 0.1) is 5.39 Å². The lowest BCUT2D eigenvalue weighted by Crippen LogP contribution is -2.07. The molecule has 2 aromatic heterocycles. The number of hydrogen-bond donors (Lipinski definition) is 2. The van der Waals surface area contributed by atoms with E-state index in [2.05, 4.69) is 27.4 Å². The van der Waals surface area contributed by atoms with E-state index in [0.717, 1.165) is 33.9 Å². The van der Waals surface area contributed by atoms with Crippen LogP contribution >= 0.6 is 34.9 Å². The highest BCUT2D eigenvalue weighted by Crippen LogP contribution is 2.26. The maximum atomic E-state index is 5.94. The Labute approximate surface area is 135 Å². The molecule has 0 spiro atoms. The maximum absolute atomic E-state index is 5.94. The number of nitrogens with zero attached hydrogens (tertiary/aromatic N) is 2. The van der Waals surface area contributed by atoms with Crippen molar-refractivity contribution in [1.29, 1.82) is 0 Å². The monoisotopic (exact) mass is 336 g/mol. The van der Waals surface area contributed by atoms with Crippen molar-refractivity contribution in [2.45, 2.75) is 11.3 Å². The standard InChI is InChI=1S/C14H13ClN4S2/c15-14-18-12(11-6-8-20-13(11)19-14)17-7-5-9-1-3-10(21-16)4-2-9/h1-4,6,8H,5,7,16H2,(H,17,18,19). The van der Waals surface area contributed by atoms with Crippen molar-refractivity contribution in [3.05, 3.63) is 46.6 Å². The molecule has 0 bridgehead atoms. The molecule has 0 fully saturated rings. The molecule has 4 nitrogen and oxygen atoms in total. The summed E-state index contributed by atoms with van der Waals surface area (Å²) in [5, 5.41) is 12.1. The third-order valence-electron chi connectivity index (χ3n) is 3.06. The highest BCUT2D eigenvalue weighted by atomic mass is 35.5. The summed E-state index contributed by atoms with van der Waals surface area (Å²) in [4.78, 5) is 10.4. The Hall–Kier alpha value is -1.34. The Morgan fingerprint density at radius 3 is 2.76 bits per heavy atom. The number of fused-ring (bicyclic) bond motifs is 1. The average molecular weight is 337 g/mol. The second kappa shape index (κ2) is 6.62. The molecule has 0 aliphatic heterocycles. The molecule has 3 rings (SSSR count). The average Bonchev–Trinajstić information content (AvgIpc) is 2.96. The third-order valence-corrected chi connectivity index (χ3v) is 4.58. The number of hydrogen-bond acceptors (Lipinski definition) is 6. The van der Waals surface area contributed by atoms with Crippen LogP contribution in [0.4, 0.5) is 5.82 Å². The van der Waals surface area contributed by atoms with Crippen molar-refractivity contribution in [3.63, 3.8) is 0 Å². The Morgan fingerprint density at radius 1 is 1.19 bits per heavy atom. The lowest BCUT2D eigenvalue weighted by molar-refractivity contribution is 1.00. The smallest absolute Gasteiger partial charge is 0.225 e. The van der Waals surface area contributed by atoms with Crippen LogP contribution in [0.5, 0.6) is 0 Å². The Bertz CT molecular complexity index is 742. The van der Waals surface area contributed by atoms with Crippen molar-refractivity contribution < 1.29 is 0 Å². The van der Waals surface area contributed by atoms with Crippen LogP contribution in [0.2, 0.25) is 5.28 Å². The molecule has 1 aromatic carbocycles. The number of rotatable bonds is 5. The van der Waals surface area contributed by atoms with Gasteiger partial charge in [-0.2, -0.15) is 0 Å². The van der Waals surface area contributed by atoms with Crippen molar-refractivity contribution in [1.82, 2.24) is 9.97 Å². The zero-order valence-corrected chi connectivity index (χ0v) is 13.4. The van der Waals surface area contributed by atoms with E-state index < -0.39 is 0 Å². The van der Waals surface area contributed by atoms with Gasteiger partial charge >= 0.3 is 0 Å². The van der Waals surface area contributed by atoms with Gasteiger partial charge in [0.1, 0.15) is 10.6 Å². The molecule has 3 N–H and O–H groups in total. The molecule has 0 unspecified atom stereocenters. The third kappa shape index (κ3) is 3.47. The van der Waals surface area contributed by atoms with Gasteiger partial charge in [-0.3, -0.25) is 5.14 Å². The summed E-state index contributed by atoms with van der Waals surface area (Å²) < 4.78 is 0. The highest BCUT2D eigenvalue weighted by Gasteiger charge is 2.07. The van der Waals surface area contributed by atoms with Crippen molar-refractivity contribution >= 4 is 50.9 Å². The maximum Gasteiger partial charge on any atom is 0.225 e. The van der Waals surface area contributed by atoms with E-state index in [1.807, 2.05) is 23.6 Å². The quantitative estimate of drug-likeness (QED) is 0.545. The van der Waals surface area contributed by atoms with Gasteiger partial charge in [0.15, 0.2) is 0 Å². The van der Waals surface area contributed by atoms with Crippen molar-refractivity contribution in [3.8, 4) is 0 Å². The van der Waals surface area contributed by atoms with E-state index in [1.165, 1.54) is 17.5 Å². The Kier molecular flexibility index (Phi) is 4.60. The number of nitrogens with two attached hydrogens (primary N) is 1. The molecular weight excluding hydrogens is 324 g/mol. The summed E-state index contributed by atoms with van der Waals surface area (Å²) in [5.74, 6) is 0.792. The van der Waals surface area contributed by atoms with Crippen LogP contribution in [0.25, 0.3) is 10.2 Å². The van der Waals surface area contributed by atoms with Gasteiger partial charge in [0.25, 0.3) is 0 Å². The summed E-state index contributed by atoms with van der Waals surface area (Å²) >= 11 is 8.76. The predicted molar refractivity (Wildman–Crippen MR) is 91.1 cm³/mol. The van der Waals surface area contributed by atoms with Gasteiger partial charge in [-0.1, -0.05) is 12.1 Å². The number of aromatic nitrogens is 2. The molecule has 21 heavy (non-hydrogen) atoms. The van der Waals surface area contributed by atoms with E-state index in [9.17, 15) is 0 Å². The Balaban J connectivity index is 1.67. The number of anilines is 1. The molecule has 108 valence electrons. The van der Waals surface area contributed by atoms with Crippen LogP contribution in [0, 0.1) is 0 Å². The van der Waals surface area contributed by atoms with Crippen LogP contribution in [-0.4, -0.2) is 16.5 Å². The van der Waals surface area contributed by atoms with Crippen LogP contribution in [0.1, 0.15) is 5.56 Å². The van der Waals surface area contributed by atoms with Gasteiger partial charge in [0, 0.05) is 11.4 Å². The number of thiophene rings is 1. The topological polar surface area (TPSA) is 63.8 Å². The molecule has 3 aromatic rings. The normalized spacial score (nSPS) is 11.0. The zero-order chi connectivity index (χ0) is 14.7. The first kappa shape index (κ1) is 14.6. The number of benzene rings is 1. The van der Waals surface area contributed by atoms with E-state index >= 15 is 0 Å². The van der Waals surface area contributed by atoms with Crippen molar-refractivity contribution in [2.24, 2.45) is 5.14 Å². The van der Waals surface area contributed by atoms with E-state index in [4.69, 9.17) is 16.7 Å². The summed E-state index contributed by atoms with van der Waals surface area (Å²) in [5.41, 5.74) is 1.25. The molecule has 7 heteroatoms. The molecule has 0 amide bonds. The van der Waals surface area contributed by atoms with Gasteiger partial charge in [-0.05, 0) is 59.1 Å². The molecule has 2 heterocycles. The van der Waals surface area contributed by atoms with E-state index in [0.29, 0.717) is 0 Å². The number of nitrogens with one attached hydrogen (secondary N) is 1. The Morgan fingerprint density at radius 2 is 2.00 bits per heavy atom. The summed E-state index contributed by atoms with van der Waals surface area (Å²) in [6, 6.07) is 10.2. The summed E-state index contributed by atoms with van der Waals surface area (Å²) in [6.45, 7) is 0.785. The molecule has 0 atom stereocenters. The minimum Gasteiger partial charge on any atom is -0.369 e. The molecule has 0 aliphatic carbocycles. The van der Waals surface area contributed by atoms with Gasteiger partial charge in [0.2, 0.25) is 5.28 Å². The molecule has 0 radical (unpaired) electrons. The number of halogens is 1. The van der Waals surface area contributed by atoms with Gasteiger partial charge in [-0.15, -0.1) is 11.3 Å². The first-order valence-electron chi connectivity index (χ1n) is 6.36. The van der Waals surface area contributed by atoms with Crippen molar-refractivity contribution in [2.75, 3.05) is 11.9 Å². The largest absolute Gasteiger partial charge is 0.369 e. The van der Waals surface area contributed by atoms with E-state index in [-0.39, 0.29) is 5.28 Å². The second-order valence-corrected chi connectivity index (χ2v) is 6.36. The van der Waals surface area contributed by atoms with Crippen LogP contribution in [0.15, 0.2) is 40.6 Å². The zero-order valence-electron chi connectivity index (χ0n) is 11.0. The fourth-order valence-electron chi connectivity index (χ4n) is 2.02. The molecular formula is C14H13ClN4S2. The van der Waals surface area contributed by atoms with E-state index in [1.54, 1.807) is 11.3 Å². The highest BCUT2D eigenvalue weighted by molar-refractivity contribution is 7.97. The van der Waals surface area contributed by atoms with Crippen LogP contribution in [-0.2, 0) is 6.42 Å². The summed E-state index contributed by atoms with van der Waals surface area (Å²) in [7, 11) is 0.